The highest BCUT2D eigenvalue weighted by Gasteiger charge is 2.30. The molecular weight excluding hydrogens is 427 g/mol. The number of piperazine rings is 1. The normalized spacial score (nSPS) is 16.8. The predicted molar refractivity (Wildman–Crippen MR) is 108 cm³/mol. The zero-order valence-corrected chi connectivity index (χ0v) is 17.3. The first-order chi connectivity index (χ1) is 12.9. The minimum atomic E-state index is -3.59. The molecule has 0 aliphatic carbocycles. The first-order valence-corrected chi connectivity index (χ1v) is 11.3. The van der Waals surface area contributed by atoms with E-state index in [0.717, 1.165) is 17.3 Å². The molecule has 1 saturated heterocycles. The maximum atomic E-state index is 13.1. The Hall–Kier alpha value is -1.29. The van der Waals surface area contributed by atoms with Crippen molar-refractivity contribution in [1.29, 1.82) is 0 Å². The number of rotatable bonds is 4. The summed E-state index contributed by atoms with van der Waals surface area (Å²) in [4.78, 5) is 2.43. The van der Waals surface area contributed by atoms with E-state index in [1.165, 1.54) is 4.31 Å². The lowest BCUT2D eigenvalue weighted by atomic mass is 10.2. The van der Waals surface area contributed by atoms with Crippen molar-refractivity contribution >= 4 is 56.0 Å². The standard InChI is InChI=1S/C17H16Cl2N4O2S2/c18-13-5-4-12(10-14(13)19)11-22-6-8-23(9-7-22)27(24,25)16-3-1-2-15-17(16)21-26-20-15/h1-5,10H,6-9,11H2. The van der Waals surface area contributed by atoms with Crippen molar-refractivity contribution < 1.29 is 8.42 Å². The molecule has 4 rings (SSSR count). The van der Waals surface area contributed by atoms with Gasteiger partial charge < -0.3 is 0 Å². The van der Waals surface area contributed by atoms with Gasteiger partial charge >= 0.3 is 0 Å². The molecule has 0 atom stereocenters. The van der Waals surface area contributed by atoms with E-state index in [-0.39, 0.29) is 4.90 Å². The minimum absolute atomic E-state index is 0.228. The maximum Gasteiger partial charge on any atom is 0.245 e. The Balaban J connectivity index is 1.47. The van der Waals surface area contributed by atoms with Gasteiger partial charge in [-0.1, -0.05) is 35.3 Å². The largest absolute Gasteiger partial charge is 0.296 e. The van der Waals surface area contributed by atoms with Gasteiger partial charge in [-0.05, 0) is 29.8 Å². The molecule has 1 aliphatic rings. The monoisotopic (exact) mass is 442 g/mol. The first-order valence-electron chi connectivity index (χ1n) is 8.33. The van der Waals surface area contributed by atoms with Crippen LogP contribution in [0, 0.1) is 0 Å². The van der Waals surface area contributed by atoms with E-state index in [4.69, 9.17) is 23.2 Å². The number of benzene rings is 2. The van der Waals surface area contributed by atoms with Crippen molar-refractivity contribution in [3.63, 3.8) is 0 Å². The molecular formula is C17H16Cl2N4O2S2. The number of nitrogens with zero attached hydrogens (tertiary/aromatic N) is 4. The smallest absolute Gasteiger partial charge is 0.245 e. The number of fused-ring (bicyclic) bond motifs is 1. The fourth-order valence-corrected chi connectivity index (χ4v) is 5.65. The van der Waals surface area contributed by atoms with E-state index in [1.54, 1.807) is 24.3 Å². The van der Waals surface area contributed by atoms with Gasteiger partial charge in [0.2, 0.25) is 10.0 Å². The zero-order valence-electron chi connectivity index (χ0n) is 14.2. The average Bonchev–Trinajstić information content (AvgIpc) is 3.14. The van der Waals surface area contributed by atoms with E-state index in [0.29, 0.717) is 53.8 Å². The quantitative estimate of drug-likeness (QED) is 0.618. The molecule has 0 radical (unpaired) electrons. The number of halogens is 2. The van der Waals surface area contributed by atoms with Crippen molar-refractivity contribution in [2.75, 3.05) is 26.2 Å². The van der Waals surface area contributed by atoms with Crippen LogP contribution in [0.1, 0.15) is 5.56 Å². The Morgan fingerprint density at radius 1 is 1.00 bits per heavy atom. The molecule has 0 N–H and O–H groups in total. The molecule has 0 unspecified atom stereocenters. The van der Waals surface area contributed by atoms with Crippen LogP contribution in [-0.2, 0) is 16.6 Å². The second kappa shape index (κ2) is 7.62. The van der Waals surface area contributed by atoms with E-state index in [1.807, 2.05) is 12.1 Å². The lowest BCUT2D eigenvalue weighted by molar-refractivity contribution is 0.181. The highest BCUT2D eigenvalue weighted by molar-refractivity contribution is 7.89. The summed E-state index contributed by atoms with van der Waals surface area (Å²) < 4.78 is 35.9. The summed E-state index contributed by atoms with van der Waals surface area (Å²) >= 11 is 13.1. The molecule has 27 heavy (non-hydrogen) atoms. The van der Waals surface area contributed by atoms with Gasteiger partial charge in [-0.15, -0.1) is 0 Å². The van der Waals surface area contributed by atoms with Gasteiger partial charge in [-0.2, -0.15) is 13.1 Å². The Bertz CT molecular complexity index is 1080. The van der Waals surface area contributed by atoms with Gasteiger partial charge in [0.25, 0.3) is 0 Å². The van der Waals surface area contributed by atoms with Crippen LogP contribution in [0.15, 0.2) is 41.3 Å². The fraction of sp³-hybridized carbons (Fsp3) is 0.294. The summed E-state index contributed by atoms with van der Waals surface area (Å²) in [7, 11) is -3.59. The molecule has 2 heterocycles. The lowest BCUT2D eigenvalue weighted by Gasteiger charge is -2.34. The van der Waals surface area contributed by atoms with Gasteiger partial charge in [0.15, 0.2) is 0 Å². The second-order valence-electron chi connectivity index (χ2n) is 6.32. The van der Waals surface area contributed by atoms with Crippen LogP contribution in [0.25, 0.3) is 11.0 Å². The SMILES string of the molecule is O=S(=O)(c1cccc2nsnc12)N1CCN(Cc2ccc(Cl)c(Cl)c2)CC1. The third-order valence-corrected chi connectivity index (χ3v) is 7.80. The molecule has 10 heteroatoms. The molecule has 2 aromatic carbocycles. The Labute approximate surface area is 171 Å². The summed E-state index contributed by atoms with van der Waals surface area (Å²) in [6.07, 6.45) is 0. The Morgan fingerprint density at radius 2 is 1.78 bits per heavy atom. The first kappa shape index (κ1) is 19.0. The van der Waals surface area contributed by atoms with Crippen molar-refractivity contribution in [1.82, 2.24) is 18.0 Å². The molecule has 0 amide bonds. The Morgan fingerprint density at radius 3 is 2.52 bits per heavy atom. The summed E-state index contributed by atoms with van der Waals surface area (Å²) in [6, 6.07) is 10.6. The third kappa shape index (κ3) is 3.83. The van der Waals surface area contributed by atoms with E-state index < -0.39 is 10.0 Å². The minimum Gasteiger partial charge on any atom is -0.296 e. The molecule has 0 spiro atoms. The van der Waals surface area contributed by atoms with Gasteiger partial charge in [-0.25, -0.2) is 8.42 Å². The van der Waals surface area contributed by atoms with Crippen molar-refractivity contribution in [2.45, 2.75) is 11.4 Å². The molecule has 1 fully saturated rings. The number of hydrogen-bond acceptors (Lipinski definition) is 6. The Kier molecular flexibility index (Phi) is 5.37. The van der Waals surface area contributed by atoms with Crippen LogP contribution in [0.5, 0.6) is 0 Å². The predicted octanol–water partition coefficient (Wildman–Crippen LogP) is 3.50. The maximum absolute atomic E-state index is 13.1. The molecule has 6 nitrogen and oxygen atoms in total. The van der Waals surface area contributed by atoms with Crippen LogP contribution < -0.4 is 0 Å². The third-order valence-electron chi connectivity index (χ3n) is 4.59. The molecule has 1 aliphatic heterocycles. The summed E-state index contributed by atoms with van der Waals surface area (Å²) in [5, 5.41) is 1.06. The molecule has 0 bridgehead atoms. The summed E-state index contributed by atoms with van der Waals surface area (Å²) in [6.45, 7) is 2.85. The molecule has 3 aromatic rings. The molecule has 0 saturated carbocycles. The van der Waals surface area contributed by atoms with Crippen LogP contribution in [0.4, 0.5) is 0 Å². The van der Waals surface area contributed by atoms with E-state index in [9.17, 15) is 8.42 Å². The average molecular weight is 443 g/mol. The highest BCUT2D eigenvalue weighted by atomic mass is 35.5. The van der Waals surface area contributed by atoms with Crippen molar-refractivity contribution in [3.8, 4) is 0 Å². The van der Waals surface area contributed by atoms with Crippen molar-refractivity contribution in [3.05, 3.63) is 52.0 Å². The van der Waals surface area contributed by atoms with E-state index in [2.05, 4.69) is 13.6 Å². The second-order valence-corrected chi connectivity index (χ2v) is 9.57. The van der Waals surface area contributed by atoms with E-state index >= 15 is 0 Å². The molecule has 1 aromatic heterocycles. The number of sulfonamides is 1. The van der Waals surface area contributed by atoms with Gasteiger partial charge in [-0.3, -0.25) is 4.90 Å². The fourth-order valence-electron chi connectivity index (χ4n) is 3.15. The lowest BCUT2D eigenvalue weighted by Crippen LogP contribution is -2.48. The number of hydrogen-bond donors (Lipinski definition) is 0. The number of aromatic nitrogens is 2. The van der Waals surface area contributed by atoms with Crippen LogP contribution >= 0.6 is 34.9 Å². The van der Waals surface area contributed by atoms with Crippen LogP contribution in [-0.4, -0.2) is 52.5 Å². The van der Waals surface area contributed by atoms with Gasteiger partial charge in [0.05, 0.1) is 21.8 Å². The van der Waals surface area contributed by atoms with Crippen molar-refractivity contribution in [2.24, 2.45) is 0 Å². The zero-order chi connectivity index (χ0) is 19.0. The molecule has 142 valence electrons. The van der Waals surface area contributed by atoms with Crippen LogP contribution in [0.3, 0.4) is 0 Å². The van der Waals surface area contributed by atoms with Crippen LogP contribution in [0.2, 0.25) is 10.0 Å². The highest BCUT2D eigenvalue weighted by Crippen LogP contribution is 2.26. The summed E-state index contributed by atoms with van der Waals surface area (Å²) in [5.41, 5.74) is 2.11. The van der Waals surface area contributed by atoms with Gasteiger partial charge in [0.1, 0.15) is 15.9 Å². The van der Waals surface area contributed by atoms with Gasteiger partial charge in [0, 0.05) is 32.7 Å². The topological polar surface area (TPSA) is 66.4 Å². The summed E-state index contributed by atoms with van der Waals surface area (Å²) in [5.74, 6) is 0.